The Balaban J connectivity index is 1.72. The van der Waals surface area contributed by atoms with Gasteiger partial charge in [-0.05, 0) is 66.3 Å². The van der Waals surface area contributed by atoms with Crippen molar-refractivity contribution >= 4 is 27.3 Å². The summed E-state index contributed by atoms with van der Waals surface area (Å²) >= 11 is 5.16. The second kappa shape index (κ2) is 5.73. The molecule has 0 aromatic carbocycles. The molecule has 3 rings (SSSR count). The maximum absolute atomic E-state index is 5.37. The Labute approximate surface area is 124 Å². The Kier molecular flexibility index (Phi) is 4.00. The van der Waals surface area contributed by atoms with Crippen molar-refractivity contribution in [3.8, 4) is 10.8 Å². The minimum Gasteiger partial charge on any atom is -0.333 e. The lowest BCUT2D eigenvalue weighted by molar-refractivity contribution is 0.360. The molecular formula is C13H16BrN3OS. The summed E-state index contributed by atoms with van der Waals surface area (Å²) in [5.41, 5.74) is 1.20. The van der Waals surface area contributed by atoms with E-state index >= 15 is 0 Å². The topological polar surface area (TPSA) is 51.0 Å². The Morgan fingerprint density at radius 1 is 1.58 bits per heavy atom. The number of thiophene rings is 1. The first-order chi connectivity index (χ1) is 9.22. The normalized spacial score (nSPS) is 19.8. The molecule has 2 aromatic rings. The predicted octanol–water partition coefficient (Wildman–Crippen LogP) is 3.41. The van der Waals surface area contributed by atoms with Gasteiger partial charge in [0.1, 0.15) is 0 Å². The third-order valence-corrected chi connectivity index (χ3v) is 5.53. The first-order valence-electron chi connectivity index (χ1n) is 6.52. The van der Waals surface area contributed by atoms with Crippen molar-refractivity contribution in [1.29, 1.82) is 0 Å². The van der Waals surface area contributed by atoms with Gasteiger partial charge < -0.3 is 9.84 Å². The fraction of sp³-hybridized carbons (Fsp3) is 0.538. The maximum atomic E-state index is 5.37. The number of nitrogens with one attached hydrogen (secondary N) is 1. The number of nitrogens with zero attached hydrogens (tertiary/aromatic N) is 2. The molecule has 0 bridgehead atoms. The molecule has 0 amide bonds. The molecule has 102 valence electrons. The number of piperidine rings is 1. The summed E-state index contributed by atoms with van der Waals surface area (Å²) in [6.07, 6.45) is 3.40. The van der Waals surface area contributed by atoms with Crippen LogP contribution in [0.2, 0.25) is 0 Å². The highest BCUT2D eigenvalue weighted by molar-refractivity contribution is 9.11. The number of aryl methyl sites for hydroxylation is 1. The molecule has 2 aromatic heterocycles. The lowest BCUT2D eigenvalue weighted by Crippen LogP contribution is -2.31. The second-order valence-electron chi connectivity index (χ2n) is 5.00. The Morgan fingerprint density at radius 3 is 3.16 bits per heavy atom. The second-order valence-corrected chi connectivity index (χ2v) is 7.37. The Bertz CT molecular complexity index is 540. The number of hydrogen-bond donors (Lipinski definition) is 1. The van der Waals surface area contributed by atoms with Crippen molar-refractivity contribution < 1.29 is 4.52 Å². The first kappa shape index (κ1) is 13.3. The van der Waals surface area contributed by atoms with Gasteiger partial charge in [0.25, 0.3) is 5.89 Å². The van der Waals surface area contributed by atoms with Gasteiger partial charge >= 0.3 is 0 Å². The third kappa shape index (κ3) is 3.07. The van der Waals surface area contributed by atoms with Crippen LogP contribution >= 0.6 is 27.3 Å². The molecule has 1 unspecified atom stereocenters. The maximum Gasteiger partial charge on any atom is 0.268 e. The van der Waals surface area contributed by atoms with Crippen molar-refractivity contribution in [3.63, 3.8) is 0 Å². The van der Waals surface area contributed by atoms with Gasteiger partial charge in [-0.25, -0.2) is 0 Å². The molecule has 19 heavy (non-hydrogen) atoms. The van der Waals surface area contributed by atoms with Crippen LogP contribution in [0.25, 0.3) is 10.8 Å². The zero-order valence-corrected chi connectivity index (χ0v) is 13.2. The quantitative estimate of drug-likeness (QED) is 0.929. The summed E-state index contributed by atoms with van der Waals surface area (Å²) in [6, 6.07) is 2.08. The highest BCUT2D eigenvalue weighted by Crippen LogP contribution is 2.33. The minimum absolute atomic E-state index is 0.635. The summed E-state index contributed by atoms with van der Waals surface area (Å²) in [4.78, 5) is 5.55. The van der Waals surface area contributed by atoms with Gasteiger partial charge in [-0.3, -0.25) is 0 Å². The summed E-state index contributed by atoms with van der Waals surface area (Å²) in [7, 11) is 0. The molecule has 1 fully saturated rings. The largest absolute Gasteiger partial charge is 0.333 e. The lowest BCUT2D eigenvalue weighted by Gasteiger charge is -2.20. The molecule has 1 aliphatic rings. The van der Waals surface area contributed by atoms with Gasteiger partial charge in [0.2, 0.25) is 0 Å². The summed E-state index contributed by atoms with van der Waals surface area (Å²) in [6.45, 7) is 4.26. The number of aromatic nitrogens is 2. The van der Waals surface area contributed by atoms with E-state index in [1.807, 2.05) is 0 Å². The van der Waals surface area contributed by atoms with Crippen molar-refractivity contribution in [2.24, 2.45) is 5.92 Å². The van der Waals surface area contributed by atoms with Crippen LogP contribution in [0.5, 0.6) is 0 Å². The zero-order chi connectivity index (χ0) is 13.2. The first-order valence-corrected chi connectivity index (χ1v) is 8.13. The zero-order valence-electron chi connectivity index (χ0n) is 10.8. The fourth-order valence-electron chi connectivity index (χ4n) is 2.36. The lowest BCUT2D eigenvalue weighted by atomic mass is 9.96. The van der Waals surface area contributed by atoms with E-state index in [4.69, 9.17) is 4.52 Å². The molecule has 3 heterocycles. The molecule has 6 heteroatoms. The van der Waals surface area contributed by atoms with Crippen LogP contribution in [0, 0.1) is 12.8 Å². The average Bonchev–Trinajstić information content (AvgIpc) is 2.99. The third-order valence-electron chi connectivity index (χ3n) is 3.41. The van der Waals surface area contributed by atoms with Crippen molar-refractivity contribution in [2.45, 2.75) is 26.2 Å². The smallest absolute Gasteiger partial charge is 0.268 e. The van der Waals surface area contributed by atoms with Crippen molar-refractivity contribution in [2.75, 3.05) is 13.1 Å². The summed E-state index contributed by atoms with van der Waals surface area (Å²) in [5.74, 6) is 2.10. The summed E-state index contributed by atoms with van der Waals surface area (Å²) in [5, 5.41) is 7.52. The monoisotopic (exact) mass is 341 g/mol. The van der Waals surface area contributed by atoms with E-state index in [2.05, 4.69) is 44.4 Å². The van der Waals surface area contributed by atoms with E-state index in [0.717, 1.165) is 34.0 Å². The van der Waals surface area contributed by atoms with E-state index in [1.54, 1.807) is 11.3 Å². The van der Waals surface area contributed by atoms with Crippen molar-refractivity contribution in [1.82, 2.24) is 15.5 Å². The van der Waals surface area contributed by atoms with Crippen LogP contribution in [0.1, 0.15) is 24.2 Å². The number of rotatable bonds is 3. The van der Waals surface area contributed by atoms with E-state index in [0.29, 0.717) is 11.8 Å². The van der Waals surface area contributed by atoms with Crippen LogP contribution in [-0.2, 0) is 6.42 Å². The molecule has 0 aliphatic carbocycles. The molecule has 1 N–H and O–H groups in total. The Hall–Kier alpha value is -0.720. The van der Waals surface area contributed by atoms with Gasteiger partial charge in [-0.2, -0.15) is 4.98 Å². The van der Waals surface area contributed by atoms with Crippen LogP contribution in [0.15, 0.2) is 14.4 Å². The molecule has 1 saturated heterocycles. The van der Waals surface area contributed by atoms with Gasteiger partial charge in [-0.15, -0.1) is 11.3 Å². The van der Waals surface area contributed by atoms with E-state index < -0.39 is 0 Å². The van der Waals surface area contributed by atoms with Crippen LogP contribution < -0.4 is 5.32 Å². The van der Waals surface area contributed by atoms with Crippen LogP contribution in [0.4, 0.5) is 0 Å². The average molecular weight is 342 g/mol. The van der Waals surface area contributed by atoms with Crippen LogP contribution in [0.3, 0.4) is 0 Å². The molecule has 0 spiro atoms. The predicted molar refractivity (Wildman–Crippen MR) is 79.3 cm³/mol. The molecule has 0 radical (unpaired) electrons. The van der Waals surface area contributed by atoms with E-state index in [9.17, 15) is 0 Å². The fourth-order valence-corrected chi connectivity index (χ4v) is 3.82. The van der Waals surface area contributed by atoms with Gasteiger partial charge in [0.05, 0.1) is 8.66 Å². The SMILES string of the molecule is Cc1cc(-c2nc(CC3CCCNC3)no2)sc1Br. The van der Waals surface area contributed by atoms with E-state index in [-0.39, 0.29) is 0 Å². The molecule has 4 nitrogen and oxygen atoms in total. The summed E-state index contributed by atoms with van der Waals surface area (Å²) < 4.78 is 6.49. The molecular weight excluding hydrogens is 326 g/mol. The number of halogens is 1. The molecule has 1 aliphatic heterocycles. The van der Waals surface area contributed by atoms with Gasteiger partial charge in [0, 0.05) is 6.42 Å². The standard InChI is InChI=1S/C13H16BrN3OS/c1-8-5-10(19-12(8)14)13-16-11(17-18-13)6-9-3-2-4-15-7-9/h5,9,15H,2-4,6-7H2,1H3. The van der Waals surface area contributed by atoms with Gasteiger partial charge in [-0.1, -0.05) is 5.16 Å². The highest BCUT2D eigenvalue weighted by Gasteiger charge is 2.18. The molecule has 1 atom stereocenters. The van der Waals surface area contributed by atoms with Crippen LogP contribution in [-0.4, -0.2) is 23.2 Å². The number of hydrogen-bond acceptors (Lipinski definition) is 5. The molecule has 0 saturated carbocycles. The highest BCUT2D eigenvalue weighted by atomic mass is 79.9. The van der Waals surface area contributed by atoms with Crippen molar-refractivity contribution in [3.05, 3.63) is 21.2 Å². The van der Waals surface area contributed by atoms with Gasteiger partial charge in [0.15, 0.2) is 5.82 Å². The minimum atomic E-state index is 0.635. The van der Waals surface area contributed by atoms with E-state index in [1.165, 1.54) is 18.4 Å². The Morgan fingerprint density at radius 2 is 2.47 bits per heavy atom.